The molecule has 126 valence electrons. The van der Waals surface area contributed by atoms with E-state index in [0.717, 1.165) is 27.9 Å². The number of rotatable bonds is 4. The van der Waals surface area contributed by atoms with Crippen molar-refractivity contribution in [1.82, 2.24) is 4.57 Å². The summed E-state index contributed by atoms with van der Waals surface area (Å²) in [5, 5.41) is 0. The monoisotopic (exact) mass is 337 g/mol. The van der Waals surface area contributed by atoms with Gasteiger partial charge in [0, 0.05) is 6.07 Å². The highest BCUT2D eigenvalue weighted by Crippen LogP contribution is 2.25. The van der Waals surface area contributed by atoms with Crippen LogP contribution in [0.15, 0.2) is 108 Å². The van der Waals surface area contributed by atoms with E-state index in [2.05, 4.69) is 6.07 Å². The maximum Gasteiger partial charge on any atom is 0.251 e. The van der Waals surface area contributed by atoms with E-state index in [4.69, 9.17) is 0 Å². The molecular weight excluding hydrogens is 318 g/mol. The molecule has 0 amide bonds. The Morgan fingerprint density at radius 2 is 1.12 bits per heavy atom. The predicted octanol–water partition coefficient (Wildman–Crippen LogP) is 5.23. The molecule has 4 rings (SSSR count). The van der Waals surface area contributed by atoms with Crippen LogP contribution in [-0.4, -0.2) is 4.57 Å². The number of aromatic nitrogens is 1. The lowest BCUT2D eigenvalue weighted by Gasteiger charge is -2.15. The van der Waals surface area contributed by atoms with E-state index in [1.54, 1.807) is 6.07 Å². The molecule has 0 aliphatic heterocycles. The average Bonchev–Trinajstić information content (AvgIpc) is 2.71. The van der Waals surface area contributed by atoms with Crippen LogP contribution in [0.2, 0.25) is 0 Å². The van der Waals surface area contributed by atoms with Gasteiger partial charge in [0.05, 0.1) is 12.2 Å². The van der Waals surface area contributed by atoms with Crippen LogP contribution in [0.1, 0.15) is 5.56 Å². The molecule has 0 N–H and O–H groups in total. The first-order valence-electron chi connectivity index (χ1n) is 8.71. The van der Waals surface area contributed by atoms with Gasteiger partial charge in [-0.2, -0.15) is 0 Å². The van der Waals surface area contributed by atoms with Crippen molar-refractivity contribution in [3.05, 3.63) is 119 Å². The molecule has 1 aromatic heterocycles. The summed E-state index contributed by atoms with van der Waals surface area (Å²) in [5.41, 5.74) is 5.08. The largest absolute Gasteiger partial charge is 0.304 e. The van der Waals surface area contributed by atoms with E-state index in [0.29, 0.717) is 6.54 Å². The van der Waals surface area contributed by atoms with E-state index in [1.807, 2.05) is 95.6 Å². The van der Waals surface area contributed by atoms with Crippen LogP contribution in [0.5, 0.6) is 0 Å². The van der Waals surface area contributed by atoms with Gasteiger partial charge in [-0.15, -0.1) is 0 Å². The Morgan fingerprint density at radius 3 is 1.73 bits per heavy atom. The molecule has 0 saturated carbocycles. The zero-order valence-electron chi connectivity index (χ0n) is 14.4. The number of pyridine rings is 1. The van der Waals surface area contributed by atoms with Gasteiger partial charge in [-0.25, -0.2) is 0 Å². The predicted molar refractivity (Wildman–Crippen MR) is 107 cm³/mol. The highest BCUT2D eigenvalue weighted by Gasteiger charge is 2.10. The zero-order valence-corrected chi connectivity index (χ0v) is 14.4. The molecule has 0 spiro atoms. The number of hydrogen-bond acceptors (Lipinski definition) is 1. The molecule has 0 aliphatic carbocycles. The molecule has 0 bridgehead atoms. The highest BCUT2D eigenvalue weighted by atomic mass is 16.1. The summed E-state index contributed by atoms with van der Waals surface area (Å²) in [7, 11) is 0. The molecule has 4 aromatic rings. The zero-order chi connectivity index (χ0) is 17.8. The lowest BCUT2D eigenvalue weighted by molar-refractivity contribution is 0.769. The summed E-state index contributed by atoms with van der Waals surface area (Å²) < 4.78 is 1.84. The number of hydrogen-bond donors (Lipinski definition) is 0. The Morgan fingerprint density at radius 1 is 0.577 bits per heavy atom. The van der Waals surface area contributed by atoms with Crippen LogP contribution in [0.25, 0.3) is 22.4 Å². The average molecular weight is 337 g/mol. The van der Waals surface area contributed by atoms with Gasteiger partial charge in [0.25, 0.3) is 5.56 Å². The fourth-order valence-corrected chi connectivity index (χ4v) is 3.17. The van der Waals surface area contributed by atoms with Crippen LogP contribution < -0.4 is 5.56 Å². The second-order valence-corrected chi connectivity index (χ2v) is 6.27. The van der Waals surface area contributed by atoms with E-state index < -0.39 is 0 Å². The van der Waals surface area contributed by atoms with E-state index in [9.17, 15) is 4.79 Å². The smallest absolute Gasteiger partial charge is 0.251 e. The molecule has 0 saturated heterocycles. The van der Waals surface area contributed by atoms with Crippen molar-refractivity contribution in [2.24, 2.45) is 0 Å². The lowest BCUT2D eigenvalue weighted by atomic mass is 10.0. The van der Waals surface area contributed by atoms with Crippen molar-refractivity contribution in [2.45, 2.75) is 6.54 Å². The molecule has 26 heavy (non-hydrogen) atoms. The minimum absolute atomic E-state index is 0.00839. The molecule has 0 fully saturated rings. The molecule has 0 radical (unpaired) electrons. The topological polar surface area (TPSA) is 22.0 Å². The Hall–Kier alpha value is -3.39. The van der Waals surface area contributed by atoms with Gasteiger partial charge >= 0.3 is 0 Å². The second-order valence-electron chi connectivity index (χ2n) is 6.27. The van der Waals surface area contributed by atoms with E-state index >= 15 is 0 Å². The minimum Gasteiger partial charge on any atom is -0.304 e. The van der Waals surface area contributed by atoms with Gasteiger partial charge in [0.1, 0.15) is 0 Å². The van der Waals surface area contributed by atoms with Gasteiger partial charge in [0.15, 0.2) is 0 Å². The van der Waals surface area contributed by atoms with Gasteiger partial charge in [-0.1, -0.05) is 91.0 Å². The van der Waals surface area contributed by atoms with Crippen LogP contribution in [0.3, 0.4) is 0 Å². The van der Waals surface area contributed by atoms with E-state index in [-0.39, 0.29) is 5.56 Å². The van der Waals surface area contributed by atoms with Crippen LogP contribution >= 0.6 is 0 Å². The normalized spacial score (nSPS) is 10.6. The first-order valence-corrected chi connectivity index (χ1v) is 8.71. The van der Waals surface area contributed by atoms with Gasteiger partial charge < -0.3 is 4.57 Å². The fourth-order valence-electron chi connectivity index (χ4n) is 3.17. The first kappa shape index (κ1) is 16.1. The lowest BCUT2D eigenvalue weighted by Crippen LogP contribution is -2.22. The summed E-state index contributed by atoms with van der Waals surface area (Å²) >= 11 is 0. The summed E-state index contributed by atoms with van der Waals surface area (Å²) in [5.74, 6) is 0. The van der Waals surface area contributed by atoms with Crippen molar-refractivity contribution in [2.75, 3.05) is 0 Å². The summed E-state index contributed by atoms with van der Waals surface area (Å²) in [6, 6.07) is 34.0. The molecule has 0 atom stereocenters. The van der Waals surface area contributed by atoms with Gasteiger partial charge in [0.2, 0.25) is 0 Å². The van der Waals surface area contributed by atoms with Crippen LogP contribution in [-0.2, 0) is 6.54 Å². The molecule has 2 nitrogen and oxygen atoms in total. The van der Waals surface area contributed by atoms with Crippen molar-refractivity contribution >= 4 is 0 Å². The maximum absolute atomic E-state index is 13.0. The standard InChI is InChI=1S/C24H19NO/c26-24-17-22(20-12-6-2-7-13-20)16-23(21-14-8-3-9-15-21)25(24)18-19-10-4-1-5-11-19/h1-17H,18H2. The third kappa shape index (κ3) is 3.35. The molecule has 3 aromatic carbocycles. The summed E-state index contributed by atoms with van der Waals surface area (Å²) in [6.07, 6.45) is 0. The highest BCUT2D eigenvalue weighted by molar-refractivity contribution is 5.70. The van der Waals surface area contributed by atoms with Crippen molar-refractivity contribution in [1.29, 1.82) is 0 Å². The van der Waals surface area contributed by atoms with Crippen molar-refractivity contribution < 1.29 is 0 Å². The third-order valence-corrected chi connectivity index (χ3v) is 4.49. The minimum atomic E-state index is 0.00839. The van der Waals surface area contributed by atoms with Crippen molar-refractivity contribution in [3.8, 4) is 22.4 Å². The molecule has 1 heterocycles. The van der Waals surface area contributed by atoms with Crippen molar-refractivity contribution in [3.63, 3.8) is 0 Å². The summed E-state index contributed by atoms with van der Waals surface area (Å²) in [6.45, 7) is 0.555. The molecule has 0 unspecified atom stereocenters. The number of nitrogens with zero attached hydrogens (tertiary/aromatic N) is 1. The fraction of sp³-hybridized carbons (Fsp3) is 0.0417. The molecular formula is C24H19NO. The van der Waals surface area contributed by atoms with E-state index in [1.165, 1.54) is 0 Å². The SMILES string of the molecule is O=c1cc(-c2ccccc2)cc(-c2ccccc2)n1Cc1ccccc1. The Bertz CT molecular complexity index is 1050. The van der Waals surface area contributed by atoms with Crippen LogP contribution in [0, 0.1) is 0 Å². The van der Waals surface area contributed by atoms with Gasteiger partial charge in [-0.05, 0) is 28.3 Å². The Kier molecular flexibility index (Phi) is 4.48. The second kappa shape index (κ2) is 7.24. The molecule has 2 heteroatoms. The molecule has 0 aliphatic rings. The quantitative estimate of drug-likeness (QED) is 0.500. The number of benzene rings is 3. The summed E-state index contributed by atoms with van der Waals surface area (Å²) in [4.78, 5) is 13.0. The first-order chi connectivity index (χ1) is 12.8. The third-order valence-electron chi connectivity index (χ3n) is 4.49. The van der Waals surface area contributed by atoms with Gasteiger partial charge in [-0.3, -0.25) is 4.79 Å². The Balaban J connectivity index is 1.89. The van der Waals surface area contributed by atoms with Crippen LogP contribution in [0.4, 0.5) is 0 Å². The Labute approximate surface area is 153 Å². The maximum atomic E-state index is 13.0.